The SMILES string of the molecule is COC(=O)C12C3C4C1C1C2C3C41C(=O)NC(CO)c1ccccc1. The summed E-state index contributed by atoms with van der Waals surface area (Å²) in [5.74, 6) is 2.36. The number of hydrogen-bond donors (Lipinski definition) is 2. The summed E-state index contributed by atoms with van der Waals surface area (Å²) in [6.45, 7) is -0.103. The van der Waals surface area contributed by atoms with Crippen LogP contribution < -0.4 is 5.32 Å². The maximum absolute atomic E-state index is 13.0. The fourth-order valence-electron chi connectivity index (χ4n) is 7.77. The molecular weight excluding hydrogens is 306 g/mol. The third kappa shape index (κ3) is 0.906. The van der Waals surface area contributed by atoms with Gasteiger partial charge in [-0.15, -0.1) is 0 Å². The summed E-state index contributed by atoms with van der Waals surface area (Å²) in [6, 6.07) is 9.24. The van der Waals surface area contributed by atoms with Crippen molar-refractivity contribution >= 4 is 11.9 Å². The van der Waals surface area contributed by atoms with E-state index in [1.54, 1.807) is 0 Å². The molecule has 0 saturated heterocycles. The van der Waals surface area contributed by atoms with Gasteiger partial charge in [0.2, 0.25) is 5.91 Å². The van der Waals surface area contributed by atoms with Gasteiger partial charge in [0.05, 0.1) is 30.6 Å². The first kappa shape index (κ1) is 13.4. The highest BCUT2D eigenvalue weighted by molar-refractivity contribution is 5.98. The molecule has 5 heteroatoms. The van der Waals surface area contributed by atoms with Gasteiger partial charge >= 0.3 is 5.97 Å². The number of rotatable bonds is 5. The fourth-order valence-corrected chi connectivity index (χ4v) is 7.77. The normalized spacial score (nSPS) is 50.8. The second-order valence-electron chi connectivity index (χ2n) is 8.13. The average molecular weight is 325 g/mol. The van der Waals surface area contributed by atoms with Gasteiger partial charge in [-0.2, -0.15) is 0 Å². The Bertz CT molecular complexity index is 734. The van der Waals surface area contributed by atoms with Gasteiger partial charge in [0.1, 0.15) is 0 Å². The number of aliphatic hydroxyl groups is 1. The second kappa shape index (κ2) is 3.69. The number of hydrogen-bond acceptors (Lipinski definition) is 4. The van der Waals surface area contributed by atoms with Crippen molar-refractivity contribution in [3.8, 4) is 0 Å². The van der Waals surface area contributed by atoms with Crippen molar-refractivity contribution in [1.29, 1.82) is 0 Å². The van der Waals surface area contributed by atoms with Crippen LogP contribution in [-0.2, 0) is 14.3 Å². The van der Waals surface area contributed by atoms with Crippen LogP contribution >= 0.6 is 0 Å². The van der Waals surface area contributed by atoms with E-state index in [2.05, 4.69) is 5.32 Å². The first-order chi connectivity index (χ1) is 11.7. The van der Waals surface area contributed by atoms with Crippen molar-refractivity contribution in [3.63, 3.8) is 0 Å². The Labute approximate surface area is 139 Å². The van der Waals surface area contributed by atoms with Crippen molar-refractivity contribution in [2.75, 3.05) is 13.7 Å². The largest absolute Gasteiger partial charge is 0.469 e. The van der Waals surface area contributed by atoms with E-state index in [1.165, 1.54) is 7.11 Å². The first-order valence-corrected chi connectivity index (χ1v) is 8.72. The molecule has 1 aromatic carbocycles. The predicted octanol–water partition coefficient (Wildman–Crippen LogP) is 0.747. The van der Waals surface area contributed by atoms with E-state index in [-0.39, 0.29) is 35.4 Å². The summed E-state index contributed by atoms with van der Waals surface area (Å²) in [4.78, 5) is 25.1. The number of carbonyl (C=O) groups excluding carboxylic acids is 2. The maximum Gasteiger partial charge on any atom is 0.312 e. The number of carbonyl (C=O) groups is 2. The zero-order valence-electron chi connectivity index (χ0n) is 13.3. The van der Waals surface area contributed by atoms with Crippen molar-refractivity contribution in [2.45, 2.75) is 6.04 Å². The Balaban J connectivity index is 1.22. The molecule has 2 N–H and O–H groups in total. The quantitative estimate of drug-likeness (QED) is 0.783. The molecule has 1 aromatic rings. The van der Waals surface area contributed by atoms with Crippen molar-refractivity contribution in [3.05, 3.63) is 35.9 Å². The van der Waals surface area contributed by atoms with Gasteiger partial charge in [0, 0.05) is 0 Å². The van der Waals surface area contributed by atoms with Crippen LogP contribution in [0.2, 0.25) is 0 Å². The third-order valence-electron chi connectivity index (χ3n) is 8.25. The van der Waals surface area contributed by atoms with E-state index in [1.807, 2.05) is 30.3 Å². The highest BCUT2D eigenvalue weighted by atomic mass is 16.5. The zero-order chi connectivity index (χ0) is 16.4. The lowest BCUT2D eigenvalue weighted by Gasteiger charge is -3.09. The molecule has 0 radical (unpaired) electrons. The topological polar surface area (TPSA) is 75.6 Å². The summed E-state index contributed by atoms with van der Waals surface area (Å²) in [5, 5.41) is 12.8. The Morgan fingerprint density at radius 3 is 2.12 bits per heavy atom. The number of nitrogens with one attached hydrogen (secondary N) is 1. The highest BCUT2D eigenvalue weighted by Gasteiger charge is 3.13. The molecule has 0 aromatic heterocycles. The highest BCUT2D eigenvalue weighted by Crippen LogP contribution is 3.10. The summed E-state index contributed by atoms with van der Waals surface area (Å²) < 4.78 is 5.02. The number of amides is 1. The van der Waals surface area contributed by atoms with Crippen LogP contribution in [-0.4, -0.2) is 30.7 Å². The van der Waals surface area contributed by atoms with Gasteiger partial charge in [-0.3, -0.25) is 9.59 Å². The van der Waals surface area contributed by atoms with E-state index < -0.39 is 0 Å². The monoisotopic (exact) mass is 325 g/mol. The molecule has 6 saturated carbocycles. The second-order valence-corrected chi connectivity index (χ2v) is 8.13. The molecule has 1 amide bonds. The number of aliphatic hydroxyl groups excluding tert-OH is 1. The third-order valence-corrected chi connectivity index (χ3v) is 8.25. The maximum atomic E-state index is 13.0. The Hall–Kier alpha value is -1.88. The Kier molecular flexibility index (Phi) is 2.06. The van der Waals surface area contributed by atoms with Gasteiger partial charge in [0.15, 0.2) is 0 Å². The number of methoxy groups -OCH3 is 1. The molecule has 6 aliphatic carbocycles. The van der Waals surface area contributed by atoms with Crippen molar-refractivity contribution in [2.24, 2.45) is 46.3 Å². The molecule has 7 rings (SSSR count). The molecule has 5 nitrogen and oxygen atoms in total. The molecule has 1 atom stereocenters. The number of esters is 1. The summed E-state index contributed by atoms with van der Waals surface area (Å²) in [7, 11) is 1.47. The molecule has 6 fully saturated rings. The average Bonchev–Trinajstić information content (AvgIpc) is 2.65. The van der Waals surface area contributed by atoms with Gasteiger partial charge < -0.3 is 15.2 Å². The van der Waals surface area contributed by atoms with Gasteiger partial charge in [-0.05, 0) is 41.1 Å². The minimum Gasteiger partial charge on any atom is -0.469 e. The number of benzene rings is 1. The molecule has 0 heterocycles. The molecule has 1 unspecified atom stereocenters. The van der Waals surface area contributed by atoms with Crippen molar-refractivity contribution in [1.82, 2.24) is 5.32 Å². The lowest BCUT2D eigenvalue weighted by molar-refractivity contribution is -0.626. The van der Waals surface area contributed by atoms with Crippen LogP contribution in [0.15, 0.2) is 30.3 Å². The van der Waals surface area contributed by atoms with E-state index >= 15 is 0 Å². The smallest absolute Gasteiger partial charge is 0.312 e. The summed E-state index contributed by atoms with van der Waals surface area (Å²) in [5.41, 5.74) is 0.501. The lowest BCUT2D eigenvalue weighted by Crippen LogP contribution is -3.12. The van der Waals surface area contributed by atoms with Crippen LogP contribution in [0.25, 0.3) is 0 Å². The van der Waals surface area contributed by atoms with E-state index in [0.717, 1.165) is 5.56 Å². The summed E-state index contributed by atoms with van der Waals surface area (Å²) >= 11 is 0. The molecule has 6 aliphatic rings. The molecular formula is C19H19NO4. The zero-order valence-corrected chi connectivity index (χ0v) is 13.3. The molecule has 124 valence electrons. The van der Waals surface area contributed by atoms with Crippen LogP contribution in [0, 0.1) is 46.3 Å². The van der Waals surface area contributed by atoms with E-state index in [4.69, 9.17) is 4.74 Å². The van der Waals surface area contributed by atoms with Crippen LogP contribution in [0.5, 0.6) is 0 Å². The Morgan fingerprint density at radius 2 is 1.62 bits per heavy atom. The van der Waals surface area contributed by atoms with Crippen LogP contribution in [0.4, 0.5) is 0 Å². The molecule has 0 bridgehead atoms. The lowest BCUT2D eigenvalue weighted by atomic mass is 8.92. The molecule has 0 spiro atoms. The first-order valence-electron chi connectivity index (χ1n) is 8.72. The van der Waals surface area contributed by atoms with Crippen LogP contribution in [0.3, 0.4) is 0 Å². The predicted molar refractivity (Wildman–Crippen MR) is 82.2 cm³/mol. The molecule has 24 heavy (non-hydrogen) atoms. The van der Waals surface area contributed by atoms with Gasteiger partial charge in [-0.1, -0.05) is 30.3 Å². The van der Waals surface area contributed by atoms with Crippen LogP contribution in [0.1, 0.15) is 11.6 Å². The standard InChI is InChI=1S/C19H19NO4/c1-24-17(23)19-13-10-14(19)12-15(19)11(13)18(10,12)16(22)20-9(7-21)8-5-3-2-4-6-8/h2-6,9-15,21H,7H2,1H3,(H,20,22). The van der Waals surface area contributed by atoms with Gasteiger partial charge in [-0.25, -0.2) is 0 Å². The minimum absolute atomic E-state index is 0.0440. The Morgan fingerprint density at radius 1 is 1.08 bits per heavy atom. The minimum atomic E-state index is -0.353. The summed E-state index contributed by atoms with van der Waals surface area (Å²) in [6.07, 6.45) is 0. The van der Waals surface area contributed by atoms with E-state index in [0.29, 0.717) is 35.5 Å². The van der Waals surface area contributed by atoms with Gasteiger partial charge in [0.25, 0.3) is 0 Å². The van der Waals surface area contributed by atoms with E-state index in [9.17, 15) is 14.7 Å². The molecule has 0 aliphatic heterocycles. The van der Waals surface area contributed by atoms with Crippen molar-refractivity contribution < 1.29 is 19.4 Å². The number of ether oxygens (including phenoxy) is 1. The fraction of sp³-hybridized carbons (Fsp3) is 0.579.